The molecule has 1 atom stereocenters. The molecule has 3 rings (SSSR count). The van der Waals surface area contributed by atoms with E-state index in [1.54, 1.807) is 0 Å². The number of nitrogens with one attached hydrogen (secondary N) is 2. The summed E-state index contributed by atoms with van der Waals surface area (Å²) in [5, 5.41) is 0. The van der Waals surface area contributed by atoms with Crippen molar-refractivity contribution < 1.29 is 23.9 Å². The van der Waals surface area contributed by atoms with E-state index in [4.69, 9.17) is 0 Å². The highest BCUT2D eigenvalue weighted by Gasteiger charge is 2.18. The molecule has 4 bridgehead atoms. The quantitative estimate of drug-likeness (QED) is 0.331. The molecule has 0 heterocycles. The third kappa shape index (κ3) is 9.14. The first-order valence-corrected chi connectivity index (χ1v) is 13.1. The number of hydrogen-bond donors (Lipinski definition) is 2. The van der Waals surface area contributed by atoms with Crippen LogP contribution in [-0.2, 0) is 32.0 Å². The number of hydrogen-bond acceptors (Lipinski definition) is 5. The summed E-state index contributed by atoms with van der Waals surface area (Å²) >= 11 is 0. The predicted molar refractivity (Wildman–Crippen MR) is 147 cm³/mol. The second-order valence-corrected chi connectivity index (χ2v) is 9.59. The number of ketones is 1. The number of benzene rings is 2. The van der Waals surface area contributed by atoms with Crippen LogP contribution in [-0.4, -0.2) is 30.7 Å². The number of methoxy groups -OCH3 is 1. The van der Waals surface area contributed by atoms with E-state index in [9.17, 15) is 19.2 Å². The second-order valence-electron chi connectivity index (χ2n) is 9.59. The number of hydrazine groups is 1. The van der Waals surface area contributed by atoms with E-state index in [0.717, 1.165) is 66.5 Å². The third-order valence-corrected chi connectivity index (χ3v) is 6.61. The van der Waals surface area contributed by atoms with E-state index >= 15 is 0 Å². The first-order valence-electron chi connectivity index (χ1n) is 13.1. The molecule has 0 fully saturated rings. The van der Waals surface area contributed by atoms with E-state index in [1.165, 1.54) is 7.11 Å². The van der Waals surface area contributed by atoms with Gasteiger partial charge in [0.1, 0.15) is 0 Å². The van der Waals surface area contributed by atoms with Gasteiger partial charge in [0.25, 0.3) is 5.91 Å². The first kappa shape index (κ1) is 28.6. The van der Waals surface area contributed by atoms with Gasteiger partial charge in [-0.2, -0.15) is 0 Å². The summed E-state index contributed by atoms with van der Waals surface area (Å²) in [6, 6.07) is 14.3. The van der Waals surface area contributed by atoms with Crippen molar-refractivity contribution in [1.29, 1.82) is 0 Å². The molecule has 0 unspecified atom stereocenters. The van der Waals surface area contributed by atoms with Crippen LogP contribution in [0.2, 0.25) is 0 Å². The van der Waals surface area contributed by atoms with Gasteiger partial charge in [0.05, 0.1) is 7.11 Å². The fraction of sp³-hybridized carbons (Fsp3) is 0.355. The molecule has 2 amide bonds. The van der Waals surface area contributed by atoms with Crippen LogP contribution in [0.15, 0.2) is 60.7 Å². The van der Waals surface area contributed by atoms with Crippen LogP contribution in [0.1, 0.15) is 84.0 Å². The van der Waals surface area contributed by atoms with Crippen molar-refractivity contribution in [2.75, 3.05) is 7.11 Å². The van der Waals surface area contributed by atoms with Gasteiger partial charge in [-0.1, -0.05) is 61.9 Å². The zero-order valence-corrected chi connectivity index (χ0v) is 22.1. The number of allylic oxidation sites excluding steroid dienone is 1. The summed E-state index contributed by atoms with van der Waals surface area (Å²) < 4.78 is 4.42. The number of ether oxygens (including phenoxy) is 1. The number of rotatable bonds is 5. The number of carbonyl (C=O) groups excluding carboxylic acids is 4. The summed E-state index contributed by atoms with van der Waals surface area (Å²) in [6.07, 6.45) is 12.4. The zero-order valence-electron chi connectivity index (χ0n) is 22.1. The van der Waals surface area contributed by atoms with Crippen LogP contribution >= 0.6 is 0 Å². The fourth-order valence-corrected chi connectivity index (χ4v) is 4.41. The lowest BCUT2D eigenvalue weighted by molar-refractivity contribution is -0.135. The molecule has 0 saturated heterocycles. The third-order valence-electron chi connectivity index (χ3n) is 6.61. The highest BCUT2D eigenvalue weighted by molar-refractivity contribution is 5.98. The maximum absolute atomic E-state index is 13.5. The molecule has 200 valence electrons. The number of aryl methyl sites for hydroxylation is 2. The minimum atomic E-state index is -0.672. The van der Waals surface area contributed by atoms with E-state index in [-0.39, 0.29) is 18.1 Å². The lowest BCUT2D eigenvalue weighted by Crippen LogP contribution is -2.41. The van der Waals surface area contributed by atoms with Crippen LogP contribution in [0.25, 0.3) is 6.08 Å². The van der Waals surface area contributed by atoms with Gasteiger partial charge in [0.15, 0.2) is 5.78 Å². The van der Waals surface area contributed by atoms with Gasteiger partial charge in [-0.25, -0.2) is 4.79 Å². The minimum Gasteiger partial charge on any atom is -0.466 e. The Hall–Kier alpha value is -4.00. The van der Waals surface area contributed by atoms with Crippen LogP contribution < -0.4 is 10.9 Å². The molecule has 38 heavy (non-hydrogen) atoms. The average molecular weight is 517 g/mol. The molecular weight excluding hydrogens is 480 g/mol. The highest BCUT2D eigenvalue weighted by atomic mass is 16.5. The molecule has 7 heteroatoms. The molecule has 0 aliphatic heterocycles. The van der Waals surface area contributed by atoms with Crippen LogP contribution in [0.4, 0.5) is 0 Å². The molecule has 2 aromatic carbocycles. The zero-order chi connectivity index (χ0) is 27.3. The summed E-state index contributed by atoms with van der Waals surface area (Å²) in [7, 11) is 1.20. The summed E-state index contributed by atoms with van der Waals surface area (Å²) in [6.45, 7) is 2.07. The largest absolute Gasteiger partial charge is 0.466 e. The topological polar surface area (TPSA) is 102 Å². The van der Waals surface area contributed by atoms with Crippen molar-refractivity contribution >= 4 is 29.6 Å². The molecule has 0 radical (unpaired) electrons. The Morgan fingerprint density at radius 1 is 1.03 bits per heavy atom. The van der Waals surface area contributed by atoms with Gasteiger partial charge in [0, 0.05) is 30.6 Å². The average Bonchev–Trinajstić information content (AvgIpc) is 2.92. The Kier molecular flexibility index (Phi) is 11.0. The van der Waals surface area contributed by atoms with Crippen molar-refractivity contribution in [3.05, 3.63) is 88.5 Å². The molecule has 2 N–H and O–H groups in total. The standard InChI is InChI=1S/C31H36N2O5/c1-22-19-28(34)27-21-24(10-7-5-3-4-6-9-23-11-8-12-26(22)20-23)13-14-25(27)15-16-29(35)32-33-30(36)17-18-31(37)38-2/h6,8-9,11-14,17-18,20-22H,3-5,7,10,15-16,19H2,1-2H3,(H,32,35)(H,33,36)/b9-6-,18-17+/t22-/m0/s1. The van der Waals surface area contributed by atoms with Gasteiger partial charge in [-0.05, 0) is 66.3 Å². The van der Waals surface area contributed by atoms with Crippen molar-refractivity contribution in [2.45, 2.75) is 64.2 Å². The molecule has 0 aromatic heterocycles. The molecule has 0 spiro atoms. The monoisotopic (exact) mass is 516 g/mol. The number of fused-ring (bicyclic) bond motifs is 4. The molecule has 0 saturated carbocycles. The molecular formula is C31H36N2O5. The second kappa shape index (κ2) is 14.7. The Balaban J connectivity index is 1.71. The molecule has 1 aliphatic carbocycles. The number of esters is 1. The maximum atomic E-state index is 13.5. The lowest BCUT2D eigenvalue weighted by Gasteiger charge is -2.16. The molecule has 2 aromatic rings. The number of amides is 2. The smallest absolute Gasteiger partial charge is 0.330 e. The van der Waals surface area contributed by atoms with Gasteiger partial charge < -0.3 is 4.74 Å². The fourth-order valence-electron chi connectivity index (χ4n) is 4.41. The minimum absolute atomic E-state index is 0.0526. The van der Waals surface area contributed by atoms with Crippen molar-refractivity contribution in [3.8, 4) is 0 Å². The van der Waals surface area contributed by atoms with Crippen LogP contribution in [0, 0.1) is 0 Å². The summed E-state index contributed by atoms with van der Waals surface area (Å²) in [5.41, 5.74) is 9.43. The Morgan fingerprint density at radius 2 is 1.87 bits per heavy atom. The van der Waals surface area contributed by atoms with Gasteiger partial charge in [0.2, 0.25) is 5.91 Å². The molecule has 7 nitrogen and oxygen atoms in total. The highest BCUT2D eigenvalue weighted by Crippen LogP contribution is 2.26. The van der Waals surface area contributed by atoms with Crippen molar-refractivity contribution in [2.24, 2.45) is 0 Å². The predicted octanol–water partition coefficient (Wildman–Crippen LogP) is 5.00. The Labute approximate surface area is 224 Å². The SMILES string of the molecule is COC(=O)/C=C/C(=O)NNC(=O)CCc1ccc2cc1C(=O)C[C@H](C)c1cccc(c1)/C=C\CCCCC2. The van der Waals surface area contributed by atoms with Crippen molar-refractivity contribution in [3.63, 3.8) is 0 Å². The summed E-state index contributed by atoms with van der Waals surface area (Å²) in [4.78, 5) is 48.6. The first-order chi connectivity index (χ1) is 18.4. The van der Waals surface area contributed by atoms with Crippen molar-refractivity contribution in [1.82, 2.24) is 10.9 Å². The lowest BCUT2D eigenvalue weighted by atomic mass is 9.88. The number of carbonyl (C=O) groups is 4. The van der Waals surface area contributed by atoms with Gasteiger partial charge in [-0.3, -0.25) is 25.2 Å². The van der Waals surface area contributed by atoms with E-state index < -0.39 is 17.8 Å². The van der Waals surface area contributed by atoms with Crippen LogP contribution in [0.3, 0.4) is 0 Å². The van der Waals surface area contributed by atoms with E-state index in [0.29, 0.717) is 18.4 Å². The maximum Gasteiger partial charge on any atom is 0.330 e. The van der Waals surface area contributed by atoms with E-state index in [1.807, 2.05) is 24.3 Å². The van der Waals surface area contributed by atoms with E-state index in [2.05, 4.69) is 52.9 Å². The van der Waals surface area contributed by atoms with Gasteiger partial charge in [-0.15, -0.1) is 0 Å². The van der Waals surface area contributed by atoms with Gasteiger partial charge >= 0.3 is 5.97 Å². The number of Topliss-reactive ketones (excluding diaryl/α,β-unsaturated/α-hetero) is 1. The Bertz CT molecular complexity index is 1210. The summed E-state index contributed by atoms with van der Waals surface area (Å²) in [5.74, 6) is -1.62. The van der Waals surface area contributed by atoms with Crippen LogP contribution in [0.5, 0.6) is 0 Å². The molecule has 1 aliphatic rings. The normalized spacial score (nSPS) is 17.0. The Morgan fingerprint density at radius 3 is 2.68 bits per heavy atom.